The molecule has 0 bridgehead atoms. The number of ether oxygens (including phenoxy) is 2. The van der Waals surface area contributed by atoms with E-state index in [1.807, 2.05) is 91.1 Å². The number of aromatic nitrogens is 1. The summed E-state index contributed by atoms with van der Waals surface area (Å²) < 4.78 is 10.5. The van der Waals surface area contributed by atoms with Crippen molar-refractivity contribution >= 4 is 23.0 Å². The Morgan fingerprint density at radius 2 is 1.58 bits per heavy atom. The Bertz CT molecular complexity index is 1380. The largest absolute Gasteiger partial charge is 0.468 e. The Morgan fingerprint density at radius 3 is 2.26 bits per heavy atom. The minimum absolute atomic E-state index is 0.0932. The van der Waals surface area contributed by atoms with Gasteiger partial charge in [0, 0.05) is 17.1 Å². The molecule has 1 amide bonds. The zero-order valence-corrected chi connectivity index (χ0v) is 21.1. The van der Waals surface area contributed by atoms with E-state index in [9.17, 15) is 14.9 Å². The van der Waals surface area contributed by atoms with Crippen LogP contribution in [0.3, 0.4) is 0 Å². The number of amides is 1. The van der Waals surface area contributed by atoms with Crippen molar-refractivity contribution in [3.05, 3.63) is 108 Å². The average Bonchev–Trinajstić information content (AvgIpc) is 3.37. The molecule has 0 aliphatic carbocycles. The van der Waals surface area contributed by atoms with Crippen LogP contribution in [0.5, 0.6) is 0 Å². The van der Waals surface area contributed by atoms with Crippen LogP contribution in [0.25, 0.3) is 10.9 Å². The van der Waals surface area contributed by atoms with Crippen LogP contribution in [0.2, 0.25) is 0 Å². The van der Waals surface area contributed by atoms with Crippen molar-refractivity contribution in [2.75, 3.05) is 7.11 Å². The summed E-state index contributed by atoms with van der Waals surface area (Å²) in [5, 5.41) is 17.1. The van der Waals surface area contributed by atoms with Crippen LogP contribution >= 0.6 is 0 Å². The zero-order valence-electron chi connectivity index (χ0n) is 21.1. The number of methoxy groups -OCH3 is 1. The van der Waals surface area contributed by atoms with Crippen LogP contribution < -0.4 is 10.6 Å². The van der Waals surface area contributed by atoms with Crippen molar-refractivity contribution in [1.29, 1.82) is 5.26 Å². The molecular weight excluding hydrogens is 480 g/mol. The summed E-state index contributed by atoms with van der Waals surface area (Å²) >= 11 is 0. The fraction of sp³-hybridized carbons (Fsp3) is 0.233. The molecule has 4 rings (SSSR count). The number of rotatable bonds is 11. The van der Waals surface area contributed by atoms with Gasteiger partial charge in [-0.15, -0.1) is 0 Å². The molecule has 8 nitrogen and oxygen atoms in total. The van der Waals surface area contributed by atoms with Crippen molar-refractivity contribution in [1.82, 2.24) is 15.6 Å². The van der Waals surface area contributed by atoms with E-state index in [1.54, 1.807) is 0 Å². The highest BCUT2D eigenvalue weighted by Crippen LogP contribution is 2.20. The first-order valence-electron chi connectivity index (χ1n) is 12.4. The van der Waals surface area contributed by atoms with E-state index in [-0.39, 0.29) is 6.61 Å². The Kier molecular flexibility index (Phi) is 9.11. The Balaban J connectivity index is 1.55. The van der Waals surface area contributed by atoms with Crippen molar-refractivity contribution in [2.45, 2.75) is 37.6 Å². The maximum atomic E-state index is 12.8. The number of nitrogens with one attached hydrogen (secondary N) is 3. The van der Waals surface area contributed by atoms with Crippen LogP contribution in [-0.2, 0) is 33.7 Å². The molecule has 194 valence electrons. The van der Waals surface area contributed by atoms with Gasteiger partial charge in [0.25, 0.3) is 0 Å². The van der Waals surface area contributed by atoms with Crippen LogP contribution in [-0.4, -0.2) is 42.3 Å². The molecule has 38 heavy (non-hydrogen) atoms. The summed E-state index contributed by atoms with van der Waals surface area (Å²) in [6.45, 7) is 0.0932. The van der Waals surface area contributed by atoms with Crippen LogP contribution in [0.15, 0.2) is 91.1 Å². The van der Waals surface area contributed by atoms with E-state index in [4.69, 9.17) is 9.47 Å². The van der Waals surface area contributed by atoms with E-state index in [0.717, 1.165) is 27.6 Å². The van der Waals surface area contributed by atoms with E-state index in [0.29, 0.717) is 12.8 Å². The van der Waals surface area contributed by atoms with E-state index < -0.39 is 30.2 Å². The number of hydrogen-bond acceptors (Lipinski definition) is 6. The second-order valence-corrected chi connectivity index (χ2v) is 8.92. The number of para-hydroxylation sites is 1. The van der Waals surface area contributed by atoms with Gasteiger partial charge in [0.15, 0.2) is 0 Å². The molecule has 0 saturated heterocycles. The van der Waals surface area contributed by atoms with E-state index >= 15 is 0 Å². The lowest BCUT2D eigenvalue weighted by Gasteiger charge is -2.27. The van der Waals surface area contributed by atoms with Gasteiger partial charge in [0.2, 0.25) is 0 Å². The number of H-pyrrole nitrogens is 1. The van der Waals surface area contributed by atoms with Crippen molar-refractivity contribution in [2.24, 2.45) is 0 Å². The number of carbonyl (C=O) groups excluding carboxylic acids is 2. The molecule has 3 N–H and O–H groups in total. The number of carbonyl (C=O) groups is 2. The van der Waals surface area contributed by atoms with Crippen molar-refractivity contribution < 1.29 is 19.1 Å². The first-order valence-corrected chi connectivity index (χ1v) is 12.4. The summed E-state index contributed by atoms with van der Waals surface area (Å²) in [4.78, 5) is 28.7. The fourth-order valence-corrected chi connectivity index (χ4v) is 4.37. The molecule has 0 aliphatic heterocycles. The highest BCUT2D eigenvalue weighted by molar-refractivity contribution is 5.83. The van der Waals surface area contributed by atoms with Gasteiger partial charge in [0.1, 0.15) is 18.7 Å². The molecule has 3 aromatic carbocycles. The summed E-state index contributed by atoms with van der Waals surface area (Å²) in [5.74, 6) is -0.494. The predicted molar refractivity (Wildman–Crippen MR) is 144 cm³/mol. The first kappa shape index (κ1) is 26.5. The van der Waals surface area contributed by atoms with Crippen LogP contribution in [0, 0.1) is 11.3 Å². The van der Waals surface area contributed by atoms with Gasteiger partial charge < -0.3 is 19.8 Å². The highest BCUT2D eigenvalue weighted by atomic mass is 16.5. The first-order chi connectivity index (χ1) is 18.6. The SMILES string of the molecule is COC(=O)[C@H](Cc1ccccc1)N[C@H](C#N)[C@H](Cc1c[nH]c2ccccc12)NC(=O)OCc1ccccc1. The third kappa shape index (κ3) is 6.99. The van der Waals surface area contributed by atoms with Gasteiger partial charge in [-0.1, -0.05) is 78.9 Å². The highest BCUT2D eigenvalue weighted by Gasteiger charge is 2.30. The van der Waals surface area contributed by atoms with Gasteiger partial charge in [-0.3, -0.25) is 10.1 Å². The summed E-state index contributed by atoms with van der Waals surface area (Å²) in [7, 11) is 1.31. The number of alkyl carbamates (subject to hydrolysis) is 1. The van der Waals surface area contributed by atoms with Gasteiger partial charge in [0.05, 0.1) is 19.2 Å². The normalized spacial score (nSPS) is 13.2. The van der Waals surface area contributed by atoms with Gasteiger partial charge in [-0.25, -0.2) is 4.79 Å². The smallest absolute Gasteiger partial charge is 0.407 e. The molecule has 0 fully saturated rings. The number of nitrogens with zero attached hydrogens (tertiary/aromatic N) is 1. The quantitative estimate of drug-likeness (QED) is 0.260. The Labute approximate surface area is 221 Å². The van der Waals surface area contributed by atoms with Crippen LogP contribution in [0.4, 0.5) is 4.79 Å². The Morgan fingerprint density at radius 1 is 0.921 bits per heavy atom. The number of fused-ring (bicyclic) bond motifs is 1. The molecule has 0 radical (unpaired) electrons. The molecule has 1 aromatic heterocycles. The molecule has 0 spiro atoms. The number of aromatic amines is 1. The minimum Gasteiger partial charge on any atom is -0.468 e. The fourth-order valence-electron chi connectivity index (χ4n) is 4.37. The van der Waals surface area contributed by atoms with Gasteiger partial charge in [-0.05, 0) is 35.6 Å². The molecule has 0 unspecified atom stereocenters. The second kappa shape index (κ2) is 13.1. The van der Waals surface area contributed by atoms with Crippen LogP contribution in [0.1, 0.15) is 16.7 Å². The molecule has 8 heteroatoms. The molecule has 4 aromatic rings. The predicted octanol–water partition coefficient (Wildman–Crippen LogP) is 4.27. The molecule has 0 saturated carbocycles. The van der Waals surface area contributed by atoms with E-state index in [2.05, 4.69) is 21.7 Å². The third-order valence-electron chi connectivity index (χ3n) is 6.32. The van der Waals surface area contributed by atoms with Crippen molar-refractivity contribution in [3.8, 4) is 6.07 Å². The lowest BCUT2D eigenvalue weighted by Crippen LogP contribution is -2.55. The maximum absolute atomic E-state index is 12.8. The standard InChI is InChI=1S/C30H30N4O4/c1-37-29(35)27(16-21-10-4-2-5-11-21)33-28(18-31)26(17-23-19-32-25-15-9-8-14-24(23)25)34-30(36)38-20-22-12-6-3-7-13-22/h2-15,19,26-28,32-33H,16-17,20H2,1H3,(H,34,36)/t26-,27-,28+/m0/s1. The molecule has 1 heterocycles. The zero-order chi connectivity index (χ0) is 26.7. The lowest BCUT2D eigenvalue weighted by atomic mass is 9.97. The average molecular weight is 511 g/mol. The molecule has 3 atom stereocenters. The number of nitriles is 1. The summed E-state index contributed by atoms with van der Waals surface area (Å²) in [6.07, 6.45) is 1.86. The van der Waals surface area contributed by atoms with E-state index in [1.165, 1.54) is 7.11 Å². The third-order valence-corrected chi connectivity index (χ3v) is 6.32. The monoisotopic (exact) mass is 510 g/mol. The topological polar surface area (TPSA) is 116 Å². The number of benzene rings is 3. The second-order valence-electron chi connectivity index (χ2n) is 8.92. The minimum atomic E-state index is -0.916. The lowest BCUT2D eigenvalue weighted by molar-refractivity contribution is -0.143. The summed E-state index contributed by atoms with van der Waals surface area (Å²) in [5.41, 5.74) is 3.63. The number of hydrogen-bond donors (Lipinski definition) is 3. The number of esters is 1. The molecule has 0 aliphatic rings. The molecular formula is C30H30N4O4. The van der Waals surface area contributed by atoms with Gasteiger partial charge >= 0.3 is 12.1 Å². The summed E-state index contributed by atoms with van der Waals surface area (Å²) in [6, 6.07) is 26.4. The Hall–Kier alpha value is -4.61. The maximum Gasteiger partial charge on any atom is 0.407 e. The van der Waals surface area contributed by atoms with Gasteiger partial charge in [-0.2, -0.15) is 5.26 Å². The van der Waals surface area contributed by atoms with Crippen molar-refractivity contribution in [3.63, 3.8) is 0 Å².